The number of benzene rings is 3. The van der Waals surface area contributed by atoms with Crippen molar-refractivity contribution < 1.29 is 9.59 Å². The van der Waals surface area contributed by atoms with Gasteiger partial charge in [0.25, 0.3) is 0 Å². The normalized spacial score (nSPS) is 18.2. The molecule has 5 nitrogen and oxygen atoms in total. The van der Waals surface area contributed by atoms with Crippen molar-refractivity contribution in [1.29, 1.82) is 0 Å². The van der Waals surface area contributed by atoms with Gasteiger partial charge in [-0.15, -0.1) is 0 Å². The number of aromatic nitrogens is 1. The lowest BCUT2D eigenvalue weighted by Gasteiger charge is -2.28. The first-order valence-corrected chi connectivity index (χ1v) is 10.7. The largest absolute Gasteiger partial charge is 0.322 e. The maximum absolute atomic E-state index is 13.7. The summed E-state index contributed by atoms with van der Waals surface area (Å²) in [5.41, 5.74) is 4.22. The molecule has 0 saturated carbocycles. The minimum atomic E-state index is -0.661. The Hall–Kier alpha value is -3.99. The number of pyridine rings is 1. The summed E-state index contributed by atoms with van der Waals surface area (Å²) < 4.78 is 0. The van der Waals surface area contributed by atoms with Gasteiger partial charge in [-0.1, -0.05) is 66.2 Å². The third kappa shape index (κ3) is 3.62. The molecule has 2 heterocycles. The molecule has 4 aromatic rings. The van der Waals surface area contributed by atoms with E-state index in [1.54, 1.807) is 11.1 Å². The lowest BCUT2D eigenvalue weighted by atomic mass is 9.90. The zero-order valence-electron chi connectivity index (χ0n) is 17.7. The van der Waals surface area contributed by atoms with E-state index in [1.807, 2.05) is 91.9 Å². The first-order chi connectivity index (χ1) is 15.6. The number of aryl methyl sites for hydroxylation is 1. The molecule has 3 aromatic carbocycles. The van der Waals surface area contributed by atoms with Crippen LogP contribution < -0.4 is 10.2 Å². The van der Waals surface area contributed by atoms with E-state index in [2.05, 4.69) is 10.3 Å². The highest BCUT2D eigenvalue weighted by molar-refractivity contribution is 6.10. The summed E-state index contributed by atoms with van der Waals surface area (Å²) in [7, 11) is 0. The highest BCUT2D eigenvalue weighted by Crippen LogP contribution is 2.38. The molecule has 1 aliphatic rings. The molecule has 1 aromatic heterocycles. The van der Waals surface area contributed by atoms with Gasteiger partial charge < -0.3 is 5.32 Å². The third-order valence-corrected chi connectivity index (χ3v) is 6.02. The van der Waals surface area contributed by atoms with Crippen LogP contribution in [-0.2, 0) is 9.59 Å². The summed E-state index contributed by atoms with van der Waals surface area (Å²) in [6.45, 7) is 2.03. The van der Waals surface area contributed by atoms with Gasteiger partial charge >= 0.3 is 0 Å². The molecule has 158 valence electrons. The van der Waals surface area contributed by atoms with Gasteiger partial charge in [0.15, 0.2) is 0 Å². The monoisotopic (exact) mass is 421 g/mol. The minimum Gasteiger partial charge on any atom is -0.322 e. The van der Waals surface area contributed by atoms with Gasteiger partial charge in [-0.3, -0.25) is 19.5 Å². The molecule has 0 spiro atoms. The predicted molar refractivity (Wildman–Crippen MR) is 127 cm³/mol. The van der Waals surface area contributed by atoms with Gasteiger partial charge in [0.05, 0.1) is 11.2 Å². The smallest absolute Gasteiger partial charge is 0.248 e. The summed E-state index contributed by atoms with van der Waals surface area (Å²) in [6, 6.07) is 26.3. The fraction of sp³-hybridized carbons (Fsp3) is 0.148. The lowest BCUT2D eigenvalue weighted by Crippen LogP contribution is -2.44. The molecule has 1 N–H and O–H groups in total. The molecule has 0 bridgehead atoms. The molecule has 0 radical (unpaired) electrons. The van der Waals surface area contributed by atoms with E-state index in [1.165, 1.54) is 0 Å². The van der Waals surface area contributed by atoms with Gasteiger partial charge in [0, 0.05) is 29.6 Å². The van der Waals surface area contributed by atoms with E-state index in [9.17, 15) is 9.59 Å². The first kappa shape index (κ1) is 19.9. The summed E-state index contributed by atoms with van der Waals surface area (Å²) >= 11 is 0. The van der Waals surface area contributed by atoms with Crippen molar-refractivity contribution in [2.75, 3.05) is 10.2 Å². The van der Waals surface area contributed by atoms with E-state index < -0.39 is 6.04 Å². The second kappa shape index (κ2) is 8.27. The highest BCUT2D eigenvalue weighted by atomic mass is 16.2. The molecule has 5 heteroatoms. The van der Waals surface area contributed by atoms with Crippen molar-refractivity contribution >= 4 is 34.1 Å². The Morgan fingerprint density at radius 3 is 2.47 bits per heavy atom. The van der Waals surface area contributed by atoms with Crippen molar-refractivity contribution in [3.63, 3.8) is 0 Å². The molecule has 1 saturated heterocycles. The van der Waals surface area contributed by atoms with E-state index >= 15 is 0 Å². The van der Waals surface area contributed by atoms with E-state index in [0.717, 1.165) is 27.7 Å². The Balaban J connectivity index is 1.55. The van der Waals surface area contributed by atoms with Crippen LogP contribution >= 0.6 is 0 Å². The number of nitrogens with zero attached hydrogens (tertiary/aromatic N) is 2. The molecule has 2 amide bonds. The van der Waals surface area contributed by atoms with Crippen LogP contribution in [0, 0.1) is 6.92 Å². The van der Waals surface area contributed by atoms with Crippen molar-refractivity contribution in [2.45, 2.75) is 25.3 Å². The zero-order valence-corrected chi connectivity index (χ0v) is 17.7. The Labute approximate surface area is 186 Å². The number of anilines is 2. The molecule has 1 fully saturated rings. The van der Waals surface area contributed by atoms with Crippen LogP contribution in [0.25, 0.3) is 10.9 Å². The summed E-state index contributed by atoms with van der Waals surface area (Å²) in [6.07, 6.45) is 1.99. The second-order valence-electron chi connectivity index (χ2n) is 8.14. The lowest BCUT2D eigenvalue weighted by molar-refractivity contribution is -0.120. The Kier molecular flexibility index (Phi) is 5.15. The van der Waals surface area contributed by atoms with E-state index in [-0.39, 0.29) is 24.2 Å². The van der Waals surface area contributed by atoms with E-state index in [4.69, 9.17) is 0 Å². The number of para-hydroxylation sites is 2. The summed E-state index contributed by atoms with van der Waals surface area (Å²) in [4.78, 5) is 32.9. The Morgan fingerprint density at radius 2 is 1.69 bits per heavy atom. The fourth-order valence-electron chi connectivity index (χ4n) is 4.45. The van der Waals surface area contributed by atoms with Crippen LogP contribution in [0.3, 0.4) is 0 Å². The molecule has 32 heavy (non-hydrogen) atoms. The number of rotatable bonds is 4. The van der Waals surface area contributed by atoms with Crippen molar-refractivity contribution in [2.24, 2.45) is 0 Å². The molecule has 1 aliphatic heterocycles. The number of fused-ring (bicyclic) bond motifs is 1. The number of amides is 2. The maximum atomic E-state index is 13.7. The van der Waals surface area contributed by atoms with Crippen LogP contribution in [0.15, 0.2) is 91.1 Å². The second-order valence-corrected chi connectivity index (χ2v) is 8.14. The number of carbonyl (C=O) groups excluding carboxylic acids is 2. The quantitative estimate of drug-likeness (QED) is 0.500. The zero-order chi connectivity index (χ0) is 22.1. The summed E-state index contributed by atoms with van der Waals surface area (Å²) in [5.74, 6) is -0.521. The van der Waals surface area contributed by atoms with Crippen molar-refractivity contribution in [3.8, 4) is 0 Å². The SMILES string of the molecule is Cc1ccc([C@@H]2CC(=O)N(c3ccccc3)[C@@H]2C(=O)Nc2cccc3cccnc23)cc1. The van der Waals surface area contributed by atoms with Crippen LogP contribution in [0.1, 0.15) is 23.5 Å². The average molecular weight is 422 g/mol. The first-order valence-electron chi connectivity index (χ1n) is 10.7. The molecule has 2 atom stereocenters. The number of carbonyl (C=O) groups is 2. The Morgan fingerprint density at radius 1 is 0.938 bits per heavy atom. The molecule has 5 rings (SSSR count). The van der Waals surface area contributed by atoms with Crippen molar-refractivity contribution in [1.82, 2.24) is 4.98 Å². The molecular weight excluding hydrogens is 398 g/mol. The van der Waals surface area contributed by atoms with Crippen LogP contribution in [0.2, 0.25) is 0 Å². The van der Waals surface area contributed by atoms with Gasteiger partial charge in [0.1, 0.15) is 6.04 Å². The van der Waals surface area contributed by atoms with Crippen molar-refractivity contribution in [3.05, 3.63) is 102 Å². The number of nitrogens with one attached hydrogen (secondary N) is 1. The Bertz CT molecular complexity index is 1280. The molecular formula is C27H23N3O2. The van der Waals surface area contributed by atoms with E-state index in [0.29, 0.717) is 5.69 Å². The highest BCUT2D eigenvalue weighted by Gasteiger charge is 2.45. The number of hydrogen-bond donors (Lipinski definition) is 1. The topological polar surface area (TPSA) is 62.3 Å². The predicted octanol–water partition coefficient (Wildman–Crippen LogP) is 5.07. The van der Waals surface area contributed by atoms with Crippen LogP contribution in [-0.4, -0.2) is 22.8 Å². The molecule has 0 aliphatic carbocycles. The minimum absolute atomic E-state index is 0.0574. The van der Waals surface area contributed by atoms with Gasteiger partial charge in [0.2, 0.25) is 11.8 Å². The average Bonchev–Trinajstić information content (AvgIpc) is 3.17. The summed E-state index contributed by atoms with van der Waals surface area (Å²) in [5, 5.41) is 4.01. The third-order valence-electron chi connectivity index (χ3n) is 6.02. The van der Waals surface area contributed by atoms with Gasteiger partial charge in [-0.2, -0.15) is 0 Å². The van der Waals surface area contributed by atoms with Gasteiger partial charge in [-0.25, -0.2) is 0 Å². The maximum Gasteiger partial charge on any atom is 0.248 e. The van der Waals surface area contributed by atoms with Crippen LogP contribution in [0.4, 0.5) is 11.4 Å². The number of hydrogen-bond acceptors (Lipinski definition) is 3. The molecule has 0 unspecified atom stereocenters. The standard InChI is InChI=1S/C27H23N3O2/c1-18-12-14-19(15-13-18)22-17-24(31)30(21-9-3-2-4-10-21)26(22)27(32)29-23-11-5-7-20-8-6-16-28-25(20)23/h2-16,22,26H,17H2,1H3,(H,29,32)/t22-,26-/m0/s1. The van der Waals surface area contributed by atoms with Crippen LogP contribution in [0.5, 0.6) is 0 Å². The fourth-order valence-corrected chi connectivity index (χ4v) is 4.45. The van der Waals surface area contributed by atoms with Gasteiger partial charge in [-0.05, 0) is 36.8 Å².